The van der Waals surface area contributed by atoms with Crippen molar-refractivity contribution in [2.75, 3.05) is 11.9 Å². The van der Waals surface area contributed by atoms with Crippen LogP contribution in [0.2, 0.25) is 0 Å². The largest absolute Gasteiger partial charge is 0.343 e. The predicted octanol–water partition coefficient (Wildman–Crippen LogP) is 2.96. The lowest BCUT2D eigenvalue weighted by Gasteiger charge is -2.08. The number of carbonyl (C=O) groups is 2. The molecule has 0 radical (unpaired) electrons. The molecule has 0 aliphatic rings. The van der Waals surface area contributed by atoms with Crippen molar-refractivity contribution >= 4 is 33.4 Å². The maximum Gasteiger partial charge on any atom is 0.251 e. The number of anilines is 1. The van der Waals surface area contributed by atoms with Gasteiger partial charge in [-0.3, -0.25) is 9.59 Å². The molecule has 0 saturated heterocycles. The van der Waals surface area contributed by atoms with Gasteiger partial charge in [0.2, 0.25) is 5.91 Å². The maximum atomic E-state index is 13.5. The molecule has 0 atom stereocenters. The first kappa shape index (κ1) is 15.2. The van der Waals surface area contributed by atoms with E-state index in [1.165, 1.54) is 12.1 Å². The molecule has 108 valence electrons. The molecule has 0 aromatic heterocycles. The van der Waals surface area contributed by atoms with Gasteiger partial charge in [-0.2, -0.15) is 0 Å². The molecule has 2 amide bonds. The van der Waals surface area contributed by atoms with Gasteiger partial charge in [-0.15, -0.1) is 0 Å². The fourth-order valence-corrected chi connectivity index (χ4v) is 1.97. The zero-order chi connectivity index (χ0) is 15.2. The number of halogens is 2. The van der Waals surface area contributed by atoms with Gasteiger partial charge in [0.25, 0.3) is 5.91 Å². The lowest BCUT2D eigenvalue weighted by molar-refractivity contribution is -0.115. The van der Waals surface area contributed by atoms with E-state index in [2.05, 4.69) is 26.6 Å². The number of amides is 2. The highest BCUT2D eigenvalue weighted by molar-refractivity contribution is 9.10. The lowest BCUT2D eigenvalue weighted by Crippen LogP contribution is -2.33. The Balaban J connectivity index is 1.89. The lowest BCUT2D eigenvalue weighted by atomic mass is 10.2. The van der Waals surface area contributed by atoms with E-state index in [1.54, 1.807) is 36.4 Å². The smallest absolute Gasteiger partial charge is 0.251 e. The van der Waals surface area contributed by atoms with Crippen LogP contribution in [-0.2, 0) is 4.79 Å². The van der Waals surface area contributed by atoms with Crippen LogP contribution in [-0.4, -0.2) is 18.4 Å². The van der Waals surface area contributed by atoms with Crippen molar-refractivity contribution in [1.29, 1.82) is 0 Å². The van der Waals surface area contributed by atoms with Crippen LogP contribution in [0.5, 0.6) is 0 Å². The summed E-state index contributed by atoms with van der Waals surface area (Å²) in [6.45, 7) is -0.233. The van der Waals surface area contributed by atoms with Gasteiger partial charge >= 0.3 is 0 Å². The number of rotatable bonds is 4. The van der Waals surface area contributed by atoms with E-state index in [0.717, 1.165) is 0 Å². The van der Waals surface area contributed by atoms with Crippen molar-refractivity contribution in [1.82, 2.24) is 5.32 Å². The van der Waals surface area contributed by atoms with Crippen LogP contribution in [0.1, 0.15) is 10.4 Å². The van der Waals surface area contributed by atoms with Crippen LogP contribution in [0.25, 0.3) is 0 Å². The molecule has 2 aromatic carbocycles. The summed E-state index contributed by atoms with van der Waals surface area (Å²) >= 11 is 3.13. The molecule has 4 nitrogen and oxygen atoms in total. The third kappa shape index (κ3) is 4.39. The number of hydrogen-bond donors (Lipinski definition) is 2. The Hall–Kier alpha value is -2.21. The predicted molar refractivity (Wildman–Crippen MR) is 81.5 cm³/mol. The monoisotopic (exact) mass is 350 g/mol. The third-order valence-corrected chi connectivity index (χ3v) is 3.14. The number of hydrogen-bond acceptors (Lipinski definition) is 2. The molecule has 0 aliphatic heterocycles. The summed E-state index contributed by atoms with van der Waals surface area (Å²) in [4.78, 5) is 23.4. The van der Waals surface area contributed by atoms with Crippen molar-refractivity contribution in [3.8, 4) is 0 Å². The zero-order valence-electron chi connectivity index (χ0n) is 10.9. The minimum absolute atomic E-state index is 0.0668. The molecule has 2 rings (SSSR count). The number of carbonyl (C=O) groups excluding carboxylic acids is 2. The van der Waals surface area contributed by atoms with E-state index in [9.17, 15) is 14.0 Å². The first-order chi connectivity index (χ1) is 10.1. The van der Waals surface area contributed by atoms with E-state index in [0.29, 0.717) is 10.0 Å². The SMILES string of the molecule is O=C(CNC(=O)c1ccccc1)Nc1ccc(Br)cc1F. The molecule has 0 bridgehead atoms. The van der Waals surface area contributed by atoms with Gasteiger partial charge in [-0.05, 0) is 30.3 Å². The molecule has 2 N–H and O–H groups in total. The van der Waals surface area contributed by atoms with Crippen molar-refractivity contribution < 1.29 is 14.0 Å². The molecule has 0 aliphatic carbocycles. The maximum absolute atomic E-state index is 13.5. The van der Waals surface area contributed by atoms with Gasteiger partial charge < -0.3 is 10.6 Å². The van der Waals surface area contributed by atoms with Crippen LogP contribution in [0, 0.1) is 5.82 Å². The average molecular weight is 351 g/mol. The Bertz CT molecular complexity index is 662. The van der Waals surface area contributed by atoms with Crippen molar-refractivity contribution in [2.24, 2.45) is 0 Å². The van der Waals surface area contributed by atoms with E-state index >= 15 is 0 Å². The van der Waals surface area contributed by atoms with Crippen LogP contribution >= 0.6 is 15.9 Å². The van der Waals surface area contributed by atoms with E-state index in [1.807, 2.05) is 0 Å². The van der Waals surface area contributed by atoms with Gasteiger partial charge in [0, 0.05) is 10.0 Å². The number of benzene rings is 2. The Morgan fingerprint density at radius 3 is 2.48 bits per heavy atom. The topological polar surface area (TPSA) is 58.2 Å². The molecule has 0 saturated carbocycles. The highest BCUT2D eigenvalue weighted by Crippen LogP contribution is 2.19. The molecule has 6 heteroatoms. The normalized spacial score (nSPS) is 10.0. The molecule has 21 heavy (non-hydrogen) atoms. The van der Waals surface area contributed by atoms with Gasteiger partial charge in [0.1, 0.15) is 5.82 Å². The van der Waals surface area contributed by atoms with Crippen LogP contribution in [0.3, 0.4) is 0 Å². The van der Waals surface area contributed by atoms with Gasteiger partial charge in [0.15, 0.2) is 0 Å². The second-order valence-electron chi connectivity index (χ2n) is 4.22. The molecular formula is C15H12BrFN2O2. The summed E-state index contributed by atoms with van der Waals surface area (Å²) in [5.74, 6) is -1.41. The second-order valence-corrected chi connectivity index (χ2v) is 5.14. The second kappa shape index (κ2) is 6.99. The zero-order valence-corrected chi connectivity index (χ0v) is 12.5. The quantitative estimate of drug-likeness (QED) is 0.890. The van der Waals surface area contributed by atoms with Crippen LogP contribution < -0.4 is 10.6 Å². The average Bonchev–Trinajstić information content (AvgIpc) is 2.48. The first-order valence-electron chi connectivity index (χ1n) is 6.14. The van der Waals surface area contributed by atoms with E-state index in [4.69, 9.17) is 0 Å². The Kier molecular flexibility index (Phi) is 5.05. The van der Waals surface area contributed by atoms with Gasteiger partial charge in [0.05, 0.1) is 12.2 Å². The fourth-order valence-electron chi connectivity index (χ4n) is 1.64. The van der Waals surface area contributed by atoms with Crippen molar-refractivity contribution in [2.45, 2.75) is 0 Å². The number of nitrogens with one attached hydrogen (secondary N) is 2. The minimum atomic E-state index is -0.549. The van der Waals surface area contributed by atoms with E-state index < -0.39 is 11.7 Å². The summed E-state index contributed by atoms with van der Waals surface area (Å²) in [5.41, 5.74) is 0.525. The van der Waals surface area contributed by atoms with Crippen molar-refractivity contribution in [3.63, 3.8) is 0 Å². The fraction of sp³-hybridized carbons (Fsp3) is 0.0667. The Labute approximate surface area is 129 Å². The molecule has 2 aromatic rings. The minimum Gasteiger partial charge on any atom is -0.343 e. The van der Waals surface area contributed by atoms with Gasteiger partial charge in [-0.25, -0.2) is 4.39 Å². The van der Waals surface area contributed by atoms with Crippen LogP contribution in [0.15, 0.2) is 53.0 Å². The summed E-state index contributed by atoms with van der Waals surface area (Å²) in [6, 6.07) is 12.8. The summed E-state index contributed by atoms with van der Waals surface area (Å²) < 4.78 is 14.1. The Morgan fingerprint density at radius 2 is 1.81 bits per heavy atom. The highest BCUT2D eigenvalue weighted by atomic mass is 79.9. The molecule has 0 unspecified atom stereocenters. The summed E-state index contributed by atoms with van der Waals surface area (Å²) in [7, 11) is 0. The van der Waals surface area contributed by atoms with Gasteiger partial charge in [-0.1, -0.05) is 34.1 Å². The molecular weight excluding hydrogens is 339 g/mol. The molecule has 0 fully saturated rings. The molecule has 0 heterocycles. The summed E-state index contributed by atoms with van der Waals surface area (Å²) in [6.07, 6.45) is 0. The van der Waals surface area contributed by atoms with E-state index in [-0.39, 0.29) is 18.1 Å². The molecule has 0 spiro atoms. The van der Waals surface area contributed by atoms with Crippen LogP contribution in [0.4, 0.5) is 10.1 Å². The summed E-state index contributed by atoms with van der Waals surface area (Å²) in [5, 5.41) is 4.86. The van der Waals surface area contributed by atoms with Crippen molar-refractivity contribution in [3.05, 3.63) is 64.4 Å². The highest BCUT2D eigenvalue weighted by Gasteiger charge is 2.10. The Morgan fingerprint density at radius 1 is 1.10 bits per heavy atom. The third-order valence-electron chi connectivity index (χ3n) is 2.65. The standard InChI is InChI=1S/C15H12BrFN2O2/c16-11-6-7-13(12(17)8-11)19-14(20)9-18-15(21)10-4-2-1-3-5-10/h1-8H,9H2,(H,18,21)(H,19,20). The first-order valence-corrected chi connectivity index (χ1v) is 6.94.